The summed E-state index contributed by atoms with van der Waals surface area (Å²) in [6, 6.07) is 16.4. The second-order valence-electron chi connectivity index (χ2n) is 4.69. The number of aliphatic carboxylic acids is 1. The van der Waals surface area contributed by atoms with E-state index < -0.39 is 12.0 Å². The lowest BCUT2D eigenvalue weighted by atomic mass is 10.1. The predicted molar refractivity (Wildman–Crippen MR) is 85.7 cm³/mol. The first kappa shape index (κ1) is 14.7. The quantitative estimate of drug-likeness (QED) is 0.823. The number of benzene rings is 2. The van der Waals surface area contributed by atoms with Crippen LogP contribution in [0, 0.1) is 0 Å². The molecule has 0 amide bonds. The van der Waals surface area contributed by atoms with Gasteiger partial charge in [0, 0.05) is 12.6 Å². The number of carbonyl (C=O) groups is 1. The van der Waals surface area contributed by atoms with Crippen LogP contribution in [-0.2, 0) is 11.2 Å². The van der Waals surface area contributed by atoms with Crippen molar-refractivity contribution in [2.45, 2.75) is 12.5 Å². The normalized spacial score (nSPS) is 12.2. The van der Waals surface area contributed by atoms with Gasteiger partial charge in [-0.1, -0.05) is 67.3 Å². The van der Waals surface area contributed by atoms with E-state index in [-0.39, 0.29) is 0 Å². The molecule has 3 nitrogen and oxygen atoms in total. The molecular formula is C18H17NO2. The summed E-state index contributed by atoms with van der Waals surface area (Å²) >= 11 is 0. The monoisotopic (exact) mass is 279 g/mol. The lowest BCUT2D eigenvalue weighted by molar-refractivity contribution is -0.138. The van der Waals surface area contributed by atoms with E-state index in [0.29, 0.717) is 6.42 Å². The van der Waals surface area contributed by atoms with Crippen LogP contribution in [0.4, 0.5) is 0 Å². The molecule has 0 radical (unpaired) electrons. The molecule has 0 fully saturated rings. The van der Waals surface area contributed by atoms with Gasteiger partial charge in [-0.25, -0.2) is 4.79 Å². The van der Waals surface area contributed by atoms with E-state index in [1.807, 2.05) is 54.6 Å². The van der Waals surface area contributed by atoms with Crippen molar-refractivity contribution in [2.24, 2.45) is 4.99 Å². The largest absolute Gasteiger partial charge is 0.480 e. The third-order valence-electron chi connectivity index (χ3n) is 3.13. The number of carboxylic acids is 1. The molecule has 0 heterocycles. The lowest BCUT2D eigenvalue weighted by Gasteiger charge is -2.07. The van der Waals surface area contributed by atoms with Crippen molar-refractivity contribution < 1.29 is 9.90 Å². The minimum Gasteiger partial charge on any atom is -0.480 e. The Balaban J connectivity index is 2.10. The smallest absolute Gasteiger partial charge is 0.328 e. The van der Waals surface area contributed by atoms with Gasteiger partial charge in [0.2, 0.25) is 0 Å². The maximum atomic E-state index is 11.3. The van der Waals surface area contributed by atoms with Gasteiger partial charge in [-0.15, -0.1) is 0 Å². The maximum absolute atomic E-state index is 11.3. The van der Waals surface area contributed by atoms with E-state index in [1.54, 1.807) is 12.3 Å². The van der Waals surface area contributed by atoms with Crippen molar-refractivity contribution in [3.05, 3.63) is 77.9 Å². The van der Waals surface area contributed by atoms with Gasteiger partial charge in [-0.05, 0) is 16.7 Å². The Hall–Kier alpha value is -2.68. The molecule has 1 atom stereocenters. The molecule has 2 aromatic rings. The summed E-state index contributed by atoms with van der Waals surface area (Å²) in [6.45, 7) is 3.69. The number of hydrogen-bond donors (Lipinski definition) is 1. The fourth-order valence-corrected chi connectivity index (χ4v) is 1.94. The zero-order chi connectivity index (χ0) is 15.1. The summed E-state index contributed by atoms with van der Waals surface area (Å²) in [5.41, 5.74) is 2.86. The fourth-order valence-electron chi connectivity index (χ4n) is 1.94. The predicted octanol–water partition coefficient (Wildman–Crippen LogP) is 3.44. The van der Waals surface area contributed by atoms with Crippen molar-refractivity contribution in [3.63, 3.8) is 0 Å². The van der Waals surface area contributed by atoms with Gasteiger partial charge in [-0.3, -0.25) is 4.99 Å². The summed E-state index contributed by atoms with van der Waals surface area (Å²) < 4.78 is 0. The first-order valence-electron chi connectivity index (χ1n) is 6.71. The van der Waals surface area contributed by atoms with Crippen LogP contribution in [0.1, 0.15) is 16.7 Å². The average Bonchev–Trinajstić information content (AvgIpc) is 2.52. The molecule has 0 aliphatic rings. The van der Waals surface area contributed by atoms with E-state index in [0.717, 1.165) is 16.7 Å². The topological polar surface area (TPSA) is 49.7 Å². The van der Waals surface area contributed by atoms with Gasteiger partial charge >= 0.3 is 5.97 Å². The number of hydrogen-bond acceptors (Lipinski definition) is 2. The Kier molecular flexibility index (Phi) is 5.04. The number of rotatable bonds is 6. The van der Waals surface area contributed by atoms with Crippen LogP contribution in [0.5, 0.6) is 0 Å². The highest BCUT2D eigenvalue weighted by Crippen LogP contribution is 2.08. The molecule has 2 aromatic carbocycles. The zero-order valence-corrected chi connectivity index (χ0v) is 11.6. The van der Waals surface area contributed by atoms with Gasteiger partial charge in [0.1, 0.15) is 0 Å². The zero-order valence-electron chi connectivity index (χ0n) is 11.6. The second kappa shape index (κ2) is 7.20. The molecule has 0 bridgehead atoms. The molecular weight excluding hydrogens is 262 g/mol. The summed E-state index contributed by atoms with van der Waals surface area (Å²) in [5.74, 6) is -0.919. The molecule has 2 rings (SSSR count). The van der Waals surface area contributed by atoms with Crippen molar-refractivity contribution >= 4 is 18.3 Å². The SMILES string of the molecule is C=Cc1ccc(/C=N\[C@@H](Cc2ccccc2)C(=O)O)cc1. The number of carboxylic acid groups (broad SMARTS) is 1. The molecule has 0 aliphatic heterocycles. The highest BCUT2D eigenvalue weighted by Gasteiger charge is 2.15. The Bertz CT molecular complexity index is 630. The first-order chi connectivity index (χ1) is 10.2. The van der Waals surface area contributed by atoms with Crippen LogP contribution in [-0.4, -0.2) is 23.3 Å². The number of nitrogens with zero attached hydrogens (tertiary/aromatic N) is 1. The minimum atomic E-state index is -0.919. The van der Waals surface area contributed by atoms with Gasteiger partial charge in [-0.2, -0.15) is 0 Å². The molecule has 1 N–H and O–H groups in total. The van der Waals surface area contributed by atoms with Crippen molar-refractivity contribution in [2.75, 3.05) is 0 Å². The fraction of sp³-hybridized carbons (Fsp3) is 0.111. The van der Waals surface area contributed by atoms with Gasteiger partial charge in [0.25, 0.3) is 0 Å². The average molecular weight is 279 g/mol. The molecule has 106 valence electrons. The van der Waals surface area contributed by atoms with Crippen LogP contribution in [0.3, 0.4) is 0 Å². The van der Waals surface area contributed by atoms with Gasteiger partial charge in [0.05, 0.1) is 0 Å². The van der Waals surface area contributed by atoms with Crippen LogP contribution in [0.25, 0.3) is 6.08 Å². The standard InChI is InChI=1S/C18H17NO2/c1-2-14-8-10-16(11-9-14)13-19-17(18(20)21)12-15-6-4-3-5-7-15/h2-11,13,17H,1,12H2,(H,20,21)/b19-13-/t17-/m0/s1. The Morgan fingerprint density at radius 3 is 2.29 bits per heavy atom. The van der Waals surface area contributed by atoms with Gasteiger partial charge < -0.3 is 5.11 Å². The van der Waals surface area contributed by atoms with Gasteiger partial charge in [0.15, 0.2) is 6.04 Å². The molecule has 0 saturated heterocycles. The summed E-state index contributed by atoms with van der Waals surface area (Å²) in [4.78, 5) is 15.5. The maximum Gasteiger partial charge on any atom is 0.328 e. The molecule has 0 aliphatic carbocycles. The molecule has 0 unspecified atom stereocenters. The minimum absolute atomic E-state index is 0.386. The molecule has 3 heteroatoms. The van der Waals surface area contributed by atoms with Crippen LogP contribution in [0.2, 0.25) is 0 Å². The molecule has 0 aromatic heterocycles. The third kappa shape index (κ3) is 4.42. The third-order valence-corrected chi connectivity index (χ3v) is 3.13. The van der Waals surface area contributed by atoms with E-state index >= 15 is 0 Å². The highest BCUT2D eigenvalue weighted by molar-refractivity contribution is 5.83. The molecule has 0 spiro atoms. The second-order valence-corrected chi connectivity index (χ2v) is 4.69. The van der Waals surface area contributed by atoms with E-state index in [2.05, 4.69) is 11.6 Å². The van der Waals surface area contributed by atoms with E-state index in [9.17, 15) is 9.90 Å². The Morgan fingerprint density at radius 2 is 1.71 bits per heavy atom. The number of aliphatic imine (C=N–C) groups is 1. The van der Waals surface area contributed by atoms with E-state index in [4.69, 9.17) is 0 Å². The Morgan fingerprint density at radius 1 is 1.10 bits per heavy atom. The van der Waals surface area contributed by atoms with Crippen molar-refractivity contribution in [1.29, 1.82) is 0 Å². The highest BCUT2D eigenvalue weighted by atomic mass is 16.4. The first-order valence-corrected chi connectivity index (χ1v) is 6.71. The summed E-state index contributed by atoms with van der Waals surface area (Å²) in [7, 11) is 0. The van der Waals surface area contributed by atoms with Crippen molar-refractivity contribution in [3.8, 4) is 0 Å². The van der Waals surface area contributed by atoms with Crippen LogP contribution >= 0.6 is 0 Å². The Labute approximate surface area is 124 Å². The van der Waals surface area contributed by atoms with Crippen LogP contribution in [0.15, 0.2) is 66.2 Å². The van der Waals surface area contributed by atoms with Crippen molar-refractivity contribution in [1.82, 2.24) is 0 Å². The van der Waals surface area contributed by atoms with Crippen LogP contribution < -0.4 is 0 Å². The lowest BCUT2D eigenvalue weighted by Crippen LogP contribution is -2.20. The molecule has 0 saturated carbocycles. The van der Waals surface area contributed by atoms with E-state index in [1.165, 1.54) is 0 Å². The molecule has 21 heavy (non-hydrogen) atoms. The summed E-state index contributed by atoms with van der Waals surface area (Å²) in [6.07, 6.45) is 3.75. The summed E-state index contributed by atoms with van der Waals surface area (Å²) in [5, 5.41) is 9.27.